The van der Waals surface area contributed by atoms with Crippen molar-refractivity contribution in [3.63, 3.8) is 0 Å². The largest absolute Gasteiger partial charge is 0.435 e. The Labute approximate surface area is 162 Å². The van der Waals surface area contributed by atoms with Gasteiger partial charge in [-0.1, -0.05) is 0 Å². The number of rotatable bonds is 7. The van der Waals surface area contributed by atoms with Gasteiger partial charge in [0.2, 0.25) is 5.91 Å². The van der Waals surface area contributed by atoms with Crippen LogP contribution in [0.3, 0.4) is 0 Å². The molecule has 1 saturated carbocycles. The summed E-state index contributed by atoms with van der Waals surface area (Å²) in [6.45, 7) is 7.46. The number of carbonyl (C=O) groups is 1. The number of benzene rings is 1. The van der Waals surface area contributed by atoms with Crippen molar-refractivity contribution < 1.29 is 18.0 Å². The summed E-state index contributed by atoms with van der Waals surface area (Å²) in [6.07, 6.45) is -2.88. The minimum atomic E-state index is -4.52. The van der Waals surface area contributed by atoms with Crippen LogP contribution in [0.5, 0.6) is 0 Å². The normalized spacial score (nSPS) is 15.4. The molecule has 8 heteroatoms. The first-order valence-corrected chi connectivity index (χ1v) is 9.57. The molecule has 0 spiro atoms. The Morgan fingerprint density at radius 3 is 2.36 bits per heavy atom. The number of nitrogens with one attached hydrogen (secondary N) is 1. The van der Waals surface area contributed by atoms with Gasteiger partial charge in [-0.15, -0.1) is 0 Å². The minimum Gasteiger partial charge on any atom is -0.372 e. The van der Waals surface area contributed by atoms with Crippen molar-refractivity contribution >= 4 is 17.3 Å². The van der Waals surface area contributed by atoms with E-state index in [0.29, 0.717) is 11.4 Å². The zero-order chi connectivity index (χ0) is 20.5. The van der Waals surface area contributed by atoms with Gasteiger partial charge in [-0.05, 0) is 63.9 Å². The van der Waals surface area contributed by atoms with Gasteiger partial charge in [0.25, 0.3) is 0 Å². The van der Waals surface area contributed by atoms with Crippen LogP contribution in [0.4, 0.5) is 24.5 Å². The molecule has 0 saturated heterocycles. The molecule has 5 nitrogen and oxygen atoms in total. The van der Waals surface area contributed by atoms with Crippen molar-refractivity contribution in [2.45, 2.75) is 51.7 Å². The highest BCUT2D eigenvalue weighted by Crippen LogP contribution is 2.43. The van der Waals surface area contributed by atoms with Crippen molar-refractivity contribution in [1.82, 2.24) is 9.78 Å². The Hall–Kier alpha value is -2.51. The topological polar surface area (TPSA) is 50.2 Å². The summed E-state index contributed by atoms with van der Waals surface area (Å²) in [4.78, 5) is 14.8. The molecule has 1 atom stereocenters. The summed E-state index contributed by atoms with van der Waals surface area (Å²) >= 11 is 0. The number of carbonyl (C=O) groups excluding carboxylic acids is 1. The number of hydrogen-bond acceptors (Lipinski definition) is 3. The van der Waals surface area contributed by atoms with Crippen molar-refractivity contribution in [2.24, 2.45) is 0 Å². The smallest absolute Gasteiger partial charge is 0.372 e. The molecule has 2 aromatic rings. The molecule has 1 aliphatic rings. The van der Waals surface area contributed by atoms with Crippen molar-refractivity contribution in [1.29, 1.82) is 0 Å². The lowest BCUT2D eigenvalue weighted by Crippen LogP contribution is -2.26. The Morgan fingerprint density at radius 1 is 1.25 bits per heavy atom. The molecule has 1 amide bonds. The fourth-order valence-electron chi connectivity index (χ4n) is 3.24. The van der Waals surface area contributed by atoms with E-state index >= 15 is 0 Å². The molecule has 1 unspecified atom stereocenters. The molecule has 1 aliphatic carbocycles. The van der Waals surface area contributed by atoms with Gasteiger partial charge in [-0.2, -0.15) is 18.3 Å². The lowest BCUT2D eigenvalue weighted by Gasteiger charge is -2.21. The standard InChI is InChI=1S/C20H25F3N4O/c1-4-26(5-2)16-10-8-15(9-11-16)24-19(28)13(3)27-17(14-6-7-14)12-18(25-27)20(21,22)23/h8-14H,4-7H2,1-3H3,(H,24,28). The third kappa shape index (κ3) is 4.31. The summed E-state index contributed by atoms with van der Waals surface area (Å²) in [5, 5.41) is 6.47. The number of amides is 1. The van der Waals surface area contributed by atoms with E-state index in [-0.39, 0.29) is 5.92 Å². The molecule has 1 aromatic carbocycles. The number of halogens is 3. The van der Waals surface area contributed by atoms with E-state index in [0.717, 1.165) is 37.7 Å². The fourth-order valence-corrected chi connectivity index (χ4v) is 3.24. The minimum absolute atomic E-state index is 0.0483. The number of alkyl halides is 3. The second kappa shape index (κ2) is 7.85. The van der Waals surface area contributed by atoms with E-state index in [1.54, 1.807) is 19.1 Å². The Bertz CT molecular complexity index is 821. The highest BCUT2D eigenvalue weighted by Gasteiger charge is 2.39. The maximum atomic E-state index is 13.1. The van der Waals surface area contributed by atoms with Crippen LogP contribution in [-0.2, 0) is 11.0 Å². The maximum Gasteiger partial charge on any atom is 0.435 e. The molecule has 28 heavy (non-hydrogen) atoms. The van der Waals surface area contributed by atoms with E-state index in [2.05, 4.69) is 29.2 Å². The van der Waals surface area contributed by atoms with E-state index in [1.807, 2.05) is 12.1 Å². The van der Waals surface area contributed by atoms with Crippen LogP contribution in [0.2, 0.25) is 0 Å². The Kier molecular flexibility index (Phi) is 5.67. The zero-order valence-corrected chi connectivity index (χ0v) is 16.3. The highest BCUT2D eigenvalue weighted by molar-refractivity contribution is 5.93. The summed E-state index contributed by atoms with van der Waals surface area (Å²) in [6, 6.07) is 7.65. The first kappa shape index (κ1) is 20.2. The van der Waals surface area contributed by atoms with Crippen LogP contribution in [0.25, 0.3) is 0 Å². The molecular formula is C20H25F3N4O. The molecule has 1 N–H and O–H groups in total. The molecule has 0 bridgehead atoms. The van der Waals surface area contributed by atoms with Crippen molar-refractivity contribution in [2.75, 3.05) is 23.3 Å². The van der Waals surface area contributed by atoms with Crippen LogP contribution in [0.1, 0.15) is 57.0 Å². The molecule has 1 heterocycles. The lowest BCUT2D eigenvalue weighted by molar-refractivity contribution is -0.141. The molecule has 1 fully saturated rings. The van der Waals surface area contributed by atoms with E-state index in [9.17, 15) is 18.0 Å². The predicted molar refractivity (Wildman–Crippen MR) is 103 cm³/mol. The summed E-state index contributed by atoms with van der Waals surface area (Å²) in [5.74, 6) is -0.346. The fraction of sp³-hybridized carbons (Fsp3) is 0.500. The summed E-state index contributed by atoms with van der Waals surface area (Å²) < 4.78 is 40.4. The first-order valence-electron chi connectivity index (χ1n) is 9.57. The highest BCUT2D eigenvalue weighted by atomic mass is 19.4. The maximum absolute atomic E-state index is 13.1. The van der Waals surface area contributed by atoms with Gasteiger partial charge in [0.1, 0.15) is 6.04 Å². The van der Waals surface area contributed by atoms with Gasteiger partial charge < -0.3 is 10.2 Å². The zero-order valence-electron chi connectivity index (χ0n) is 16.3. The van der Waals surface area contributed by atoms with Crippen molar-refractivity contribution in [3.05, 3.63) is 41.7 Å². The SMILES string of the molecule is CCN(CC)c1ccc(NC(=O)C(C)n2nc(C(F)(F)F)cc2C2CC2)cc1. The second-order valence-electron chi connectivity index (χ2n) is 7.06. The second-order valence-corrected chi connectivity index (χ2v) is 7.06. The summed E-state index contributed by atoms with van der Waals surface area (Å²) in [5.41, 5.74) is 1.18. The number of nitrogens with zero attached hydrogens (tertiary/aromatic N) is 3. The van der Waals surface area contributed by atoms with E-state index in [4.69, 9.17) is 0 Å². The number of anilines is 2. The Balaban J connectivity index is 1.75. The van der Waals surface area contributed by atoms with Gasteiger partial charge in [-0.25, -0.2) is 0 Å². The number of aromatic nitrogens is 2. The quantitative estimate of drug-likeness (QED) is 0.732. The van der Waals surface area contributed by atoms with E-state index in [1.165, 1.54) is 4.68 Å². The van der Waals surface area contributed by atoms with Crippen LogP contribution < -0.4 is 10.2 Å². The molecular weight excluding hydrogens is 369 g/mol. The molecule has 3 rings (SSSR count). The van der Waals surface area contributed by atoms with Crippen molar-refractivity contribution in [3.8, 4) is 0 Å². The lowest BCUT2D eigenvalue weighted by atomic mass is 10.2. The van der Waals surface area contributed by atoms with Gasteiger partial charge in [-0.3, -0.25) is 9.48 Å². The average Bonchev–Trinajstić information content (AvgIpc) is 3.40. The van der Waals surface area contributed by atoms with Crippen LogP contribution in [0, 0.1) is 0 Å². The predicted octanol–water partition coefficient (Wildman–Crippen LogP) is 4.83. The first-order chi connectivity index (χ1) is 13.2. The van der Waals surface area contributed by atoms with E-state index < -0.39 is 23.8 Å². The summed E-state index contributed by atoms with van der Waals surface area (Å²) in [7, 11) is 0. The van der Waals surface area contributed by atoms with Gasteiger partial charge in [0.15, 0.2) is 5.69 Å². The van der Waals surface area contributed by atoms with Crippen LogP contribution in [-0.4, -0.2) is 28.8 Å². The third-order valence-corrected chi connectivity index (χ3v) is 5.06. The Morgan fingerprint density at radius 2 is 1.86 bits per heavy atom. The van der Waals surface area contributed by atoms with Crippen LogP contribution >= 0.6 is 0 Å². The molecule has 152 valence electrons. The van der Waals surface area contributed by atoms with Crippen LogP contribution in [0.15, 0.2) is 30.3 Å². The third-order valence-electron chi connectivity index (χ3n) is 5.06. The van der Waals surface area contributed by atoms with Gasteiger partial charge >= 0.3 is 6.18 Å². The van der Waals surface area contributed by atoms with Gasteiger partial charge in [0, 0.05) is 36.1 Å². The van der Waals surface area contributed by atoms with Gasteiger partial charge in [0.05, 0.1) is 0 Å². The monoisotopic (exact) mass is 394 g/mol. The number of hydrogen-bond donors (Lipinski definition) is 1. The molecule has 1 aromatic heterocycles. The molecule has 0 aliphatic heterocycles. The molecule has 0 radical (unpaired) electrons. The average molecular weight is 394 g/mol.